The fourth-order valence-electron chi connectivity index (χ4n) is 3.28. The van der Waals surface area contributed by atoms with Crippen LogP contribution in [0.5, 0.6) is 5.75 Å². The van der Waals surface area contributed by atoms with Crippen molar-refractivity contribution in [3.63, 3.8) is 0 Å². The fraction of sp³-hybridized carbons (Fsp3) is 0.167. The SMILES string of the molecule is CCOc1ccccc1-n1c(SC(C)c2ccc(F)cc2)nc2ccccc2c1=O. The number of halogens is 1. The molecular weight excluding hydrogens is 399 g/mol. The van der Waals surface area contributed by atoms with E-state index in [9.17, 15) is 9.18 Å². The number of rotatable bonds is 6. The molecule has 1 atom stereocenters. The highest BCUT2D eigenvalue weighted by Crippen LogP contribution is 2.36. The fourth-order valence-corrected chi connectivity index (χ4v) is 4.33. The van der Waals surface area contributed by atoms with Crippen molar-refractivity contribution in [3.8, 4) is 11.4 Å². The van der Waals surface area contributed by atoms with Crippen LogP contribution in [0.4, 0.5) is 4.39 Å². The van der Waals surface area contributed by atoms with Crippen molar-refractivity contribution in [2.75, 3.05) is 6.61 Å². The van der Waals surface area contributed by atoms with Gasteiger partial charge in [0.1, 0.15) is 11.6 Å². The summed E-state index contributed by atoms with van der Waals surface area (Å²) in [6, 6.07) is 21.2. The summed E-state index contributed by atoms with van der Waals surface area (Å²) in [5.41, 5.74) is 2.09. The molecule has 0 aliphatic heterocycles. The third kappa shape index (κ3) is 3.96. The van der Waals surface area contributed by atoms with Crippen LogP contribution in [0, 0.1) is 5.82 Å². The summed E-state index contributed by atoms with van der Waals surface area (Å²) in [6.07, 6.45) is 0. The van der Waals surface area contributed by atoms with Gasteiger partial charge in [0, 0.05) is 5.25 Å². The van der Waals surface area contributed by atoms with Crippen LogP contribution in [0.2, 0.25) is 0 Å². The zero-order chi connectivity index (χ0) is 21.1. The molecule has 0 amide bonds. The van der Waals surface area contributed by atoms with E-state index in [4.69, 9.17) is 9.72 Å². The number of fused-ring (bicyclic) bond motifs is 1. The van der Waals surface area contributed by atoms with Gasteiger partial charge in [0.15, 0.2) is 5.16 Å². The molecule has 6 heteroatoms. The van der Waals surface area contributed by atoms with Gasteiger partial charge in [0.2, 0.25) is 0 Å². The van der Waals surface area contributed by atoms with E-state index >= 15 is 0 Å². The molecule has 0 radical (unpaired) electrons. The zero-order valence-corrected chi connectivity index (χ0v) is 17.5. The predicted molar refractivity (Wildman–Crippen MR) is 119 cm³/mol. The van der Waals surface area contributed by atoms with Gasteiger partial charge >= 0.3 is 0 Å². The highest BCUT2D eigenvalue weighted by Gasteiger charge is 2.19. The molecule has 4 rings (SSSR count). The maximum atomic E-state index is 13.5. The smallest absolute Gasteiger partial charge is 0.266 e. The molecule has 1 aromatic heterocycles. The highest BCUT2D eigenvalue weighted by molar-refractivity contribution is 7.99. The standard InChI is InChI=1S/C24H21FN2O2S/c1-3-29-22-11-7-6-10-21(22)27-23(28)19-8-4-5-9-20(19)26-24(27)30-16(2)17-12-14-18(25)15-13-17/h4-16H,3H2,1-2H3. The summed E-state index contributed by atoms with van der Waals surface area (Å²) in [5.74, 6) is 0.345. The molecule has 152 valence electrons. The van der Waals surface area contributed by atoms with Gasteiger partial charge in [0.25, 0.3) is 5.56 Å². The van der Waals surface area contributed by atoms with Crippen LogP contribution in [0.1, 0.15) is 24.7 Å². The monoisotopic (exact) mass is 420 g/mol. The normalized spacial score (nSPS) is 12.1. The van der Waals surface area contributed by atoms with Gasteiger partial charge in [-0.05, 0) is 55.8 Å². The molecule has 0 saturated carbocycles. The molecular formula is C24H21FN2O2S. The summed E-state index contributed by atoms with van der Waals surface area (Å²) >= 11 is 1.45. The molecule has 4 aromatic rings. The predicted octanol–water partition coefficient (Wildman–Crippen LogP) is 5.78. The van der Waals surface area contributed by atoms with Gasteiger partial charge in [-0.2, -0.15) is 0 Å². The Hall–Kier alpha value is -3.12. The second kappa shape index (κ2) is 8.71. The number of hydrogen-bond donors (Lipinski definition) is 0. The van der Waals surface area contributed by atoms with Crippen molar-refractivity contribution >= 4 is 22.7 Å². The van der Waals surface area contributed by atoms with Crippen LogP contribution >= 0.6 is 11.8 Å². The summed E-state index contributed by atoms with van der Waals surface area (Å²) in [6.45, 7) is 4.41. The first-order chi connectivity index (χ1) is 14.6. The molecule has 0 N–H and O–H groups in total. The summed E-state index contributed by atoms with van der Waals surface area (Å²) < 4.78 is 20.7. The van der Waals surface area contributed by atoms with E-state index in [0.29, 0.717) is 34.1 Å². The molecule has 0 fully saturated rings. The second-order valence-corrected chi connectivity index (χ2v) is 8.07. The van der Waals surface area contributed by atoms with Crippen molar-refractivity contribution in [1.82, 2.24) is 9.55 Å². The van der Waals surface area contributed by atoms with Crippen LogP contribution in [0.25, 0.3) is 16.6 Å². The van der Waals surface area contributed by atoms with E-state index in [1.165, 1.54) is 23.9 Å². The Labute approximate surface area is 178 Å². The zero-order valence-electron chi connectivity index (χ0n) is 16.7. The average molecular weight is 421 g/mol. The molecule has 30 heavy (non-hydrogen) atoms. The minimum Gasteiger partial charge on any atom is -0.492 e. The number of ether oxygens (including phenoxy) is 1. The molecule has 4 nitrogen and oxygen atoms in total. The van der Waals surface area contributed by atoms with Crippen molar-refractivity contribution in [2.45, 2.75) is 24.3 Å². The van der Waals surface area contributed by atoms with Crippen LogP contribution in [0.3, 0.4) is 0 Å². The van der Waals surface area contributed by atoms with Crippen molar-refractivity contribution in [2.24, 2.45) is 0 Å². The Morgan fingerprint density at radius 1 is 1.03 bits per heavy atom. The summed E-state index contributed by atoms with van der Waals surface area (Å²) in [4.78, 5) is 18.3. The van der Waals surface area contributed by atoms with Crippen LogP contribution < -0.4 is 10.3 Å². The first-order valence-corrected chi connectivity index (χ1v) is 10.6. The van der Waals surface area contributed by atoms with Gasteiger partial charge in [-0.15, -0.1) is 0 Å². The number of aromatic nitrogens is 2. The van der Waals surface area contributed by atoms with Crippen LogP contribution in [-0.4, -0.2) is 16.2 Å². The molecule has 3 aromatic carbocycles. The van der Waals surface area contributed by atoms with E-state index in [0.717, 1.165) is 5.56 Å². The van der Waals surface area contributed by atoms with Gasteiger partial charge in [0.05, 0.1) is 23.2 Å². The van der Waals surface area contributed by atoms with Crippen molar-refractivity contribution in [1.29, 1.82) is 0 Å². The summed E-state index contributed by atoms with van der Waals surface area (Å²) in [5, 5.41) is 1.06. The highest BCUT2D eigenvalue weighted by atomic mass is 32.2. The lowest BCUT2D eigenvalue weighted by molar-refractivity contribution is 0.338. The number of nitrogens with zero attached hydrogens (tertiary/aromatic N) is 2. The van der Waals surface area contributed by atoms with Gasteiger partial charge < -0.3 is 4.74 Å². The lowest BCUT2D eigenvalue weighted by Gasteiger charge is -2.18. The molecule has 0 aliphatic carbocycles. The Balaban J connectivity index is 1.89. The number of para-hydroxylation sites is 3. The van der Waals surface area contributed by atoms with Gasteiger partial charge in [-0.1, -0.05) is 48.2 Å². The number of hydrogen-bond acceptors (Lipinski definition) is 4. The van der Waals surface area contributed by atoms with Crippen LogP contribution in [0.15, 0.2) is 82.7 Å². The third-order valence-electron chi connectivity index (χ3n) is 4.77. The minimum atomic E-state index is -0.276. The first kappa shape index (κ1) is 20.2. The first-order valence-electron chi connectivity index (χ1n) is 9.74. The molecule has 0 saturated heterocycles. The maximum Gasteiger partial charge on any atom is 0.266 e. The van der Waals surface area contributed by atoms with E-state index < -0.39 is 0 Å². The van der Waals surface area contributed by atoms with Crippen molar-refractivity contribution < 1.29 is 9.13 Å². The van der Waals surface area contributed by atoms with Gasteiger partial charge in [-0.3, -0.25) is 9.36 Å². The molecule has 0 bridgehead atoms. The Bertz CT molecular complexity index is 1240. The lowest BCUT2D eigenvalue weighted by atomic mass is 10.2. The summed E-state index contributed by atoms with van der Waals surface area (Å²) in [7, 11) is 0. The largest absolute Gasteiger partial charge is 0.492 e. The van der Waals surface area contributed by atoms with E-state index in [1.807, 2.05) is 56.3 Å². The number of benzene rings is 3. The Kier molecular flexibility index (Phi) is 5.86. The minimum absolute atomic E-state index is 0.0378. The Morgan fingerprint density at radius 2 is 1.73 bits per heavy atom. The average Bonchev–Trinajstić information content (AvgIpc) is 2.75. The molecule has 0 spiro atoms. The molecule has 1 heterocycles. The third-order valence-corrected chi connectivity index (χ3v) is 5.88. The van der Waals surface area contributed by atoms with Crippen molar-refractivity contribution in [3.05, 3.63) is 94.5 Å². The van der Waals surface area contributed by atoms with E-state index in [1.54, 1.807) is 22.8 Å². The van der Waals surface area contributed by atoms with Crippen LogP contribution in [-0.2, 0) is 0 Å². The lowest BCUT2D eigenvalue weighted by Crippen LogP contribution is -2.22. The Morgan fingerprint density at radius 3 is 2.50 bits per heavy atom. The van der Waals surface area contributed by atoms with E-state index in [2.05, 4.69) is 0 Å². The topological polar surface area (TPSA) is 44.1 Å². The second-order valence-electron chi connectivity index (χ2n) is 6.76. The molecule has 0 aliphatic rings. The van der Waals surface area contributed by atoms with E-state index in [-0.39, 0.29) is 16.6 Å². The quantitative estimate of drug-likeness (QED) is 0.293. The van der Waals surface area contributed by atoms with Gasteiger partial charge in [-0.25, -0.2) is 9.37 Å². The maximum absolute atomic E-state index is 13.5. The molecule has 1 unspecified atom stereocenters. The number of thioether (sulfide) groups is 1.